The number of nitrogens with zero attached hydrogens (tertiary/aromatic N) is 20. The van der Waals surface area contributed by atoms with Gasteiger partial charge in [0, 0.05) is 151 Å². The Morgan fingerprint density at radius 1 is 0.372 bits per heavy atom. The van der Waals surface area contributed by atoms with Gasteiger partial charge in [-0.15, -0.1) is 0 Å². The van der Waals surface area contributed by atoms with E-state index in [-0.39, 0.29) is 17.7 Å². The lowest BCUT2D eigenvalue weighted by molar-refractivity contribution is -0.119. The van der Waals surface area contributed by atoms with Crippen LogP contribution in [0.1, 0.15) is 80.1 Å². The van der Waals surface area contributed by atoms with Crippen molar-refractivity contribution < 1.29 is 9.59 Å². The van der Waals surface area contributed by atoms with E-state index in [1.54, 1.807) is 37.4 Å². The molecule has 1 aliphatic heterocycles. The number of imidazole rings is 7. The number of pyridine rings is 4. The zero-order chi connectivity index (χ0) is 98.0. The van der Waals surface area contributed by atoms with Gasteiger partial charge in [-0.25, -0.2) is 34.9 Å². The number of nitrogens with one attached hydrogen (secondary N) is 11. The molecule has 33 heteroatoms. The molecule has 145 heavy (non-hydrogen) atoms. The highest BCUT2D eigenvalue weighted by Gasteiger charge is 2.27. The number of aromatic amines is 8. The van der Waals surface area contributed by atoms with Crippen molar-refractivity contribution >= 4 is 117 Å². The minimum atomic E-state index is 0.00322. The number of hydrogen-bond donors (Lipinski definition) is 11. The molecule has 1 saturated heterocycles. The van der Waals surface area contributed by atoms with Crippen LogP contribution in [0.15, 0.2) is 293 Å². The molecule has 0 atom stereocenters. The summed E-state index contributed by atoms with van der Waals surface area (Å²) in [4.78, 5) is 93.8. The van der Waals surface area contributed by atoms with Crippen LogP contribution in [0.2, 0.25) is 0 Å². The van der Waals surface area contributed by atoms with Crippen LogP contribution in [0.4, 0.5) is 17.1 Å². The van der Waals surface area contributed by atoms with Gasteiger partial charge in [0.05, 0.1) is 127 Å². The van der Waals surface area contributed by atoms with Gasteiger partial charge in [-0.3, -0.25) is 49.9 Å². The number of benzene rings is 9. The first-order valence-corrected chi connectivity index (χ1v) is 48.6. The van der Waals surface area contributed by atoms with Crippen molar-refractivity contribution in [1.29, 1.82) is 0 Å². The van der Waals surface area contributed by atoms with E-state index in [9.17, 15) is 9.59 Å². The molecule has 0 bridgehead atoms. The fraction of sp³-hybridized carbons (Fsp3) is 0.170. The van der Waals surface area contributed by atoms with Gasteiger partial charge in [-0.1, -0.05) is 111 Å². The summed E-state index contributed by atoms with van der Waals surface area (Å²) >= 11 is 0. The Kier molecular flexibility index (Phi) is 24.8. The number of para-hydroxylation sites is 4. The number of carbonyl (C=O) groups excluding carboxylic acids is 2. The highest BCUT2D eigenvalue weighted by molar-refractivity contribution is 6.03. The normalized spacial score (nSPS) is 12.9. The van der Waals surface area contributed by atoms with Crippen LogP contribution in [-0.2, 0) is 22.7 Å². The van der Waals surface area contributed by atoms with E-state index < -0.39 is 0 Å². The van der Waals surface area contributed by atoms with Crippen LogP contribution in [0.5, 0.6) is 0 Å². The maximum atomic E-state index is 12.6. The summed E-state index contributed by atoms with van der Waals surface area (Å²) in [6.45, 7) is 13.7. The van der Waals surface area contributed by atoms with Crippen molar-refractivity contribution in [3.05, 3.63) is 322 Å². The lowest BCUT2D eigenvalue weighted by Gasteiger charge is -2.34. The van der Waals surface area contributed by atoms with Gasteiger partial charge in [0.25, 0.3) is 0 Å². The van der Waals surface area contributed by atoms with Crippen LogP contribution >= 0.6 is 0 Å². The second-order valence-corrected chi connectivity index (χ2v) is 36.9. The maximum Gasteiger partial charge on any atom is 0.227 e. The van der Waals surface area contributed by atoms with Crippen LogP contribution in [-0.4, -0.2) is 179 Å². The summed E-state index contributed by atoms with van der Waals surface area (Å²) < 4.78 is 5.95. The maximum absolute atomic E-state index is 12.6. The Labute approximate surface area is 830 Å². The van der Waals surface area contributed by atoms with Gasteiger partial charge in [0.15, 0.2) is 23.3 Å². The number of carbonyl (C=O) groups is 2. The first-order chi connectivity index (χ1) is 71.2. The molecule has 2 fully saturated rings. The molecule has 716 valence electrons. The SMILES string of the molecule is CCCCC(=O)Nc1cncc(-c2ccc3[nH]nc(-c4nc5c(-n6cnc(C)c6)cccc5[nH]4)c3c2)c1.CN1CCN(c2cccc3[nH]c(-c4n[nH]c5ccc(-c6cccnc6)cc45)nc23)CC1.Cc1cn(-c2cccc3[nH]c(-c4n[nH]c5ccc(-c6cncc(CNCc7ccccc7)c6)cc45)nc23)cn1.Cc1cn(-c2cccc3[nH]c(-c4n[nH]c5ccc(-c6cncc(NC(=O)C7CCCC7)c6)cc45)nc23)cn1. The second kappa shape index (κ2) is 39.7. The summed E-state index contributed by atoms with van der Waals surface area (Å²) in [5.74, 6) is 3.06. The van der Waals surface area contributed by atoms with Crippen LogP contribution < -0.4 is 20.9 Å². The molecule has 1 saturated carbocycles. The molecule has 24 aromatic rings. The number of fused-ring (bicyclic) bond motifs is 8. The number of hydrogen-bond acceptors (Lipinski definition) is 20. The molecule has 26 rings (SSSR count). The van der Waals surface area contributed by atoms with E-state index in [1.807, 2.05) is 187 Å². The summed E-state index contributed by atoms with van der Waals surface area (Å²) in [6, 6.07) is 69.9. The van der Waals surface area contributed by atoms with Crippen molar-refractivity contribution in [2.24, 2.45) is 5.92 Å². The Bertz CT molecular complexity index is 8850. The third-order valence-corrected chi connectivity index (χ3v) is 26.7. The minimum absolute atomic E-state index is 0.00322. The molecule has 33 nitrogen and oxygen atoms in total. The average molecular weight is 1910 g/mol. The van der Waals surface area contributed by atoms with Gasteiger partial charge < -0.3 is 59.4 Å². The minimum Gasteiger partial charge on any atom is -0.367 e. The first-order valence-electron chi connectivity index (χ1n) is 48.6. The molecule has 16 heterocycles. The van der Waals surface area contributed by atoms with E-state index in [4.69, 9.17) is 19.9 Å². The van der Waals surface area contributed by atoms with E-state index in [1.165, 1.54) is 11.3 Å². The Balaban J connectivity index is 0.000000107. The predicted octanol–water partition coefficient (Wildman–Crippen LogP) is 21.5. The van der Waals surface area contributed by atoms with Gasteiger partial charge in [0.2, 0.25) is 11.8 Å². The quantitative estimate of drug-likeness (QED) is 0.0300. The average Bonchev–Trinajstić information content (AvgIpc) is 1.64. The standard InChI is InChI=1S/C31H26N8.C29H26N8O.C28H26N8O.C24H23N7/c1-20-18-39(19-34-20)28-9-5-8-27-30(28)36-31(35-27)29-25-13-23(10-11-26(25)37-38-29)24-12-22(16-33-17-24)15-32-14-21-6-3-2-4-7-21;1-17-15-37(16-31-17)25-8-4-7-24-27(25)34-28(33-24)26-22-12-19(9-10-23(22)35-36-26)20-11-21(14-30-13-20)32-29(38)18-5-2-3-6-18;1-3-4-8-25(37)31-20-11-19(13-29-14-20)18-9-10-22-21(12-18)26(35-34-22)28-32-23-6-5-7-24(27(23)33-28)36-15-17(2)30-16-36;1-30-10-12-31(13-11-30)21-6-2-5-20-23(21)27-24(26-20)22-18-14-16(7-8-19(18)28-29-22)17-4-3-9-25-15-17/h2-13,16-19,32H,14-15H2,1H3,(H,35,36)(H,37,38);4,7-16,18H,2-3,5-6H2,1H3,(H,32,38)(H,33,34)(H,35,36);5-7,9-16H,3-4,8H2,1-2H3,(H,31,37)(H,32,33)(H,34,35);2-9,14-15H,10-13H2,1H3,(H,26,27)(H,28,29). The van der Waals surface area contributed by atoms with Crippen molar-refractivity contribution in [2.45, 2.75) is 85.7 Å². The predicted molar refractivity (Wildman–Crippen MR) is 569 cm³/mol. The number of likely N-dealkylation sites (N-methyl/N-ethyl adjacent to an activating group) is 1. The zero-order valence-electron chi connectivity index (χ0n) is 80.2. The molecule has 2 amide bonds. The van der Waals surface area contributed by atoms with E-state index in [0.29, 0.717) is 29.4 Å². The molecular weight excluding hydrogens is 1810 g/mol. The van der Waals surface area contributed by atoms with E-state index in [0.717, 1.165) is 284 Å². The van der Waals surface area contributed by atoms with Crippen LogP contribution in [0.3, 0.4) is 0 Å². The highest BCUT2D eigenvalue weighted by Crippen LogP contribution is 2.40. The van der Waals surface area contributed by atoms with Crippen LogP contribution in [0, 0.1) is 26.7 Å². The summed E-state index contributed by atoms with van der Waals surface area (Å²) in [5, 5.41) is 44.4. The summed E-state index contributed by atoms with van der Waals surface area (Å²) in [6.07, 6.45) is 32.4. The fourth-order valence-corrected chi connectivity index (χ4v) is 19.1. The molecule has 0 radical (unpaired) electrons. The van der Waals surface area contributed by atoms with E-state index in [2.05, 4.69) is 238 Å². The van der Waals surface area contributed by atoms with Gasteiger partial charge in [-0.2, -0.15) is 20.4 Å². The summed E-state index contributed by atoms with van der Waals surface area (Å²) in [7, 11) is 2.17. The number of piperazine rings is 1. The highest BCUT2D eigenvalue weighted by atomic mass is 16.2. The monoisotopic (exact) mass is 1910 g/mol. The van der Waals surface area contributed by atoms with E-state index >= 15 is 0 Å². The zero-order valence-corrected chi connectivity index (χ0v) is 80.2. The number of aromatic nitrogens is 26. The summed E-state index contributed by atoms with van der Waals surface area (Å²) in [5.41, 5.74) is 33.0. The number of unbranched alkanes of at least 4 members (excludes halogenated alkanes) is 1. The third-order valence-electron chi connectivity index (χ3n) is 26.7. The van der Waals surface area contributed by atoms with Gasteiger partial charge >= 0.3 is 0 Å². The Morgan fingerprint density at radius 2 is 0.772 bits per heavy atom. The number of H-pyrrole nitrogens is 8. The topological polar surface area (TPSA) is 411 Å². The molecule has 0 unspecified atom stereocenters. The van der Waals surface area contributed by atoms with Crippen molar-refractivity contribution in [1.82, 2.24) is 139 Å². The third kappa shape index (κ3) is 19.0. The van der Waals surface area contributed by atoms with Crippen molar-refractivity contribution in [2.75, 3.05) is 48.8 Å². The van der Waals surface area contributed by atoms with Crippen molar-refractivity contribution in [3.63, 3.8) is 0 Å². The number of amides is 2. The lowest BCUT2D eigenvalue weighted by atomic mass is 10.0. The van der Waals surface area contributed by atoms with Gasteiger partial charge in [0.1, 0.15) is 44.8 Å². The second-order valence-electron chi connectivity index (χ2n) is 36.9. The number of anilines is 3. The van der Waals surface area contributed by atoms with Crippen LogP contribution in [0.25, 0.3) is 195 Å². The number of rotatable bonds is 22. The molecule has 15 aromatic heterocycles. The molecule has 2 aliphatic rings. The first kappa shape index (κ1) is 90.5. The fourth-order valence-electron chi connectivity index (χ4n) is 19.1. The molecule has 1 aliphatic carbocycles. The van der Waals surface area contributed by atoms with Gasteiger partial charge in [-0.05, 0) is 202 Å². The lowest BCUT2D eigenvalue weighted by Crippen LogP contribution is -2.44. The molecular formula is C112H101N31O2. The number of aryl methyl sites for hydroxylation is 3. The molecule has 9 aromatic carbocycles. The smallest absolute Gasteiger partial charge is 0.227 e. The Hall–Kier alpha value is -18.4. The largest absolute Gasteiger partial charge is 0.367 e. The van der Waals surface area contributed by atoms with Crippen molar-refractivity contribution in [3.8, 4) is 108 Å². The molecule has 0 spiro atoms. The Morgan fingerprint density at radius 3 is 1.19 bits per heavy atom. The molecule has 11 N–H and O–H groups in total.